The molecular formula is C17H21BrN4O. The molecular weight excluding hydrogens is 356 g/mol. The quantitative estimate of drug-likeness (QED) is 0.887. The molecule has 0 radical (unpaired) electrons. The van der Waals surface area contributed by atoms with E-state index in [0.717, 1.165) is 10.0 Å². The number of nitrogens with zero attached hydrogens (tertiary/aromatic N) is 3. The molecule has 2 saturated heterocycles. The van der Waals surface area contributed by atoms with Gasteiger partial charge in [-0.15, -0.1) is 0 Å². The van der Waals surface area contributed by atoms with Gasteiger partial charge >= 0.3 is 0 Å². The summed E-state index contributed by atoms with van der Waals surface area (Å²) in [7, 11) is 2.17. The molecule has 1 N–H and O–H groups in total. The Morgan fingerprint density at radius 2 is 2.09 bits per heavy atom. The van der Waals surface area contributed by atoms with Gasteiger partial charge in [-0.1, -0.05) is 33.2 Å². The highest BCUT2D eigenvalue weighted by Crippen LogP contribution is 2.30. The van der Waals surface area contributed by atoms with E-state index in [1.807, 2.05) is 24.3 Å². The van der Waals surface area contributed by atoms with E-state index >= 15 is 0 Å². The van der Waals surface area contributed by atoms with E-state index in [2.05, 4.69) is 43.3 Å². The SMILES string of the molecule is CN(Cc1nc(-c2cccc(Br)c2)no1)C1CC2CCC(C1)N2. The first-order valence-electron chi connectivity index (χ1n) is 8.22. The van der Waals surface area contributed by atoms with Crippen LogP contribution in [0.5, 0.6) is 0 Å². The molecule has 4 rings (SSSR count). The van der Waals surface area contributed by atoms with E-state index in [9.17, 15) is 0 Å². The molecule has 6 heteroatoms. The van der Waals surface area contributed by atoms with Crippen LogP contribution >= 0.6 is 15.9 Å². The molecule has 0 spiro atoms. The number of nitrogens with one attached hydrogen (secondary N) is 1. The smallest absolute Gasteiger partial charge is 0.241 e. The summed E-state index contributed by atoms with van der Waals surface area (Å²) in [6.07, 6.45) is 5.09. The Morgan fingerprint density at radius 1 is 1.30 bits per heavy atom. The van der Waals surface area contributed by atoms with Gasteiger partial charge < -0.3 is 9.84 Å². The van der Waals surface area contributed by atoms with Gasteiger partial charge in [-0.05, 0) is 44.9 Å². The lowest BCUT2D eigenvalue weighted by molar-refractivity contribution is 0.150. The standard InChI is InChI=1S/C17H21BrN4O/c1-22(15-8-13-5-6-14(9-15)19-13)10-16-20-17(21-23-16)11-3-2-4-12(18)7-11/h2-4,7,13-15,19H,5-6,8-10H2,1H3. The van der Waals surface area contributed by atoms with Crippen LogP contribution in [0.15, 0.2) is 33.3 Å². The Hall–Kier alpha value is -1.24. The van der Waals surface area contributed by atoms with Gasteiger partial charge in [0.2, 0.25) is 11.7 Å². The molecule has 23 heavy (non-hydrogen) atoms. The molecule has 3 heterocycles. The Labute approximate surface area is 144 Å². The average Bonchev–Trinajstić information content (AvgIpc) is 3.14. The Balaban J connectivity index is 1.43. The first-order valence-corrected chi connectivity index (χ1v) is 9.01. The first kappa shape index (κ1) is 15.3. The van der Waals surface area contributed by atoms with E-state index in [0.29, 0.717) is 36.4 Å². The van der Waals surface area contributed by atoms with Crippen molar-refractivity contribution in [3.8, 4) is 11.4 Å². The largest absolute Gasteiger partial charge is 0.338 e. The highest BCUT2D eigenvalue weighted by Gasteiger charge is 2.35. The van der Waals surface area contributed by atoms with E-state index in [1.54, 1.807) is 0 Å². The zero-order valence-electron chi connectivity index (χ0n) is 13.2. The molecule has 2 aliphatic rings. The van der Waals surface area contributed by atoms with Crippen LogP contribution in [0.25, 0.3) is 11.4 Å². The van der Waals surface area contributed by atoms with E-state index in [4.69, 9.17) is 4.52 Å². The van der Waals surface area contributed by atoms with E-state index < -0.39 is 0 Å². The molecule has 2 fully saturated rings. The number of hydrogen-bond acceptors (Lipinski definition) is 5. The molecule has 2 atom stereocenters. The van der Waals surface area contributed by atoms with Gasteiger partial charge in [0.25, 0.3) is 0 Å². The highest BCUT2D eigenvalue weighted by atomic mass is 79.9. The average molecular weight is 377 g/mol. The van der Waals surface area contributed by atoms with Crippen LogP contribution in [-0.2, 0) is 6.54 Å². The second-order valence-electron chi connectivity index (χ2n) is 6.70. The van der Waals surface area contributed by atoms with Crippen LogP contribution in [-0.4, -0.2) is 40.2 Å². The van der Waals surface area contributed by atoms with Crippen molar-refractivity contribution in [1.29, 1.82) is 0 Å². The maximum absolute atomic E-state index is 5.46. The van der Waals surface area contributed by atoms with E-state index in [1.165, 1.54) is 25.7 Å². The van der Waals surface area contributed by atoms with Crippen molar-refractivity contribution in [3.05, 3.63) is 34.6 Å². The van der Waals surface area contributed by atoms with Gasteiger partial charge in [0.1, 0.15) is 0 Å². The van der Waals surface area contributed by atoms with Gasteiger partial charge in [0, 0.05) is 28.2 Å². The molecule has 0 saturated carbocycles. The Kier molecular flexibility index (Phi) is 4.22. The minimum absolute atomic E-state index is 0.606. The fourth-order valence-electron chi connectivity index (χ4n) is 3.79. The molecule has 122 valence electrons. The predicted octanol–water partition coefficient (Wildman–Crippen LogP) is 3.21. The lowest BCUT2D eigenvalue weighted by Gasteiger charge is -2.34. The molecule has 2 aliphatic heterocycles. The maximum atomic E-state index is 5.46. The molecule has 1 aromatic heterocycles. The first-order chi connectivity index (χ1) is 11.2. The van der Waals surface area contributed by atoms with Crippen LogP contribution in [0, 0.1) is 0 Å². The summed E-state index contributed by atoms with van der Waals surface area (Å²) >= 11 is 3.48. The van der Waals surface area contributed by atoms with Crippen molar-refractivity contribution >= 4 is 15.9 Å². The van der Waals surface area contributed by atoms with Crippen molar-refractivity contribution in [2.75, 3.05) is 7.05 Å². The van der Waals surface area contributed by atoms with Gasteiger partial charge in [0.15, 0.2) is 0 Å². The topological polar surface area (TPSA) is 54.2 Å². The van der Waals surface area contributed by atoms with Gasteiger partial charge in [-0.2, -0.15) is 4.98 Å². The number of piperidine rings is 1. The number of hydrogen-bond donors (Lipinski definition) is 1. The van der Waals surface area contributed by atoms with Crippen molar-refractivity contribution in [2.24, 2.45) is 0 Å². The van der Waals surface area contributed by atoms with Crippen LogP contribution in [0.3, 0.4) is 0 Å². The van der Waals surface area contributed by atoms with Gasteiger partial charge in [0.05, 0.1) is 6.54 Å². The number of halogens is 1. The summed E-state index contributed by atoms with van der Waals surface area (Å²) in [5.74, 6) is 1.34. The number of aromatic nitrogens is 2. The highest BCUT2D eigenvalue weighted by molar-refractivity contribution is 9.10. The van der Waals surface area contributed by atoms with Crippen molar-refractivity contribution < 1.29 is 4.52 Å². The summed E-state index contributed by atoms with van der Waals surface area (Å²) in [5.41, 5.74) is 0.969. The number of benzene rings is 1. The monoisotopic (exact) mass is 376 g/mol. The van der Waals surface area contributed by atoms with Crippen molar-refractivity contribution in [2.45, 2.75) is 50.4 Å². The number of rotatable bonds is 4. The minimum Gasteiger partial charge on any atom is -0.338 e. The zero-order chi connectivity index (χ0) is 15.8. The molecule has 5 nitrogen and oxygen atoms in total. The van der Waals surface area contributed by atoms with Gasteiger partial charge in [-0.3, -0.25) is 4.90 Å². The predicted molar refractivity (Wildman–Crippen MR) is 91.9 cm³/mol. The fraction of sp³-hybridized carbons (Fsp3) is 0.529. The number of fused-ring (bicyclic) bond motifs is 2. The maximum Gasteiger partial charge on any atom is 0.241 e. The van der Waals surface area contributed by atoms with Crippen LogP contribution in [0.4, 0.5) is 0 Å². The summed E-state index contributed by atoms with van der Waals surface area (Å²) in [6.45, 7) is 0.713. The summed E-state index contributed by atoms with van der Waals surface area (Å²) < 4.78 is 6.47. The minimum atomic E-state index is 0.606. The lowest BCUT2D eigenvalue weighted by atomic mass is 9.98. The lowest BCUT2D eigenvalue weighted by Crippen LogP contribution is -2.46. The van der Waals surface area contributed by atoms with Crippen LogP contribution in [0.1, 0.15) is 31.6 Å². The Morgan fingerprint density at radius 3 is 2.83 bits per heavy atom. The normalized spacial score (nSPS) is 26.8. The molecule has 2 aromatic rings. The molecule has 1 aromatic carbocycles. The summed E-state index contributed by atoms with van der Waals surface area (Å²) in [5, 5.41) is 7.81. The van der Waals surface area contributed by atoms with Crippen molar-refractivity contribution in [1.82, 2.24) is 20.4 Å². The summed E-state index contributed by atoms with van der Waals surface area (Å²) in [6, 6.07) is 9.96. The van der Waals surface area contributed by atoms with Crippen LogP contribution < -0.4 is 5.32 Å². The molecule has 0 amide bonds. The van der Waals surface area contributed by atoms with Crippen LogP contribution in [0.2, 0.25) is 0 Å². The molecule has 2 unspecified atom stereocenters. The zero-order valence-corrected chi connectivity index (χ0v) is 14.8. The third-order valence-electron chi connectivity index (χ3n) is 5.01. The second kappa shape index (κ2) is 6.34. The third-order valence-corrected chi connectivity index (χ3v) is 5.50. The van der Waals surface area contributed by atoms with Gasteiger partial charge in [-0.25, -0.2) is 0 Å². The molecule has 0 aliphatic carbocycles. The second-order valence-corrected chi connectivity index (χ2v) is 7.62. The van der Waals surface area contributed by atoms with E-state index in [-0.39, 0.29) is 0 Å². The van der Waals surface area contributed by atoms with Crippen molar-refractivity contribution in [3.63, 3.8) is 0 Å². The Bertz CT molecular complexity index is 677. The fourth-order valence-corrected chi connectivity index (χ4v) is 4.19. The third kappa shape index (κ3) is 3.34. The molecule has 2 bridgehead atoms. The summed E-state index contributed by atoms with van der Waals surface area (Å²) in [4.78, 5) is 6.92.